The van der Waals surface area contributed by atoms with Gasteiger partial charge in [-0.15, -0.1) is 11.3 Å². The minimum absolute atomic E-state index is 0.0913. The smallest absolute Gasteiger partial charge is 0.416 e. The number of alkyl halides is 3. The van der Waals surface area contributed by atoms with Gasteiger partial charge in [-0.05, 0) is 55.5 Å². The summed E-state index contributed by atoms with van der Waals surface area (Å²) in [5, 5.41) is 12.5. The molecule has 2 aromatic rings. The molecule has 0 unspecified atom stereocenters. The highest BCUT2D eigenvalue weighted by atomic mass is 32.1. The molecular formula is C20H17F3N2O3S. The first-order valence-corrected chi connectivity index (χ1v) is 9.80. The fourth-order valence-electron chi connectivity index (χ4n) is 3.12. The van der Waals surface area contributed by atoms with Crippen LogP contribution in [0, 0.1) is 11.3 Å². The predicted octanol–water partition coefficient (Wildman–Crippen LogP) is 4.70. The number of nitrogens with zero attached hydrogens (tertiary/aromatic N) is 1. The van der Waals surface area contributed by atoms with Gasteiger partial charge >= 0.3 is 12.1 Å². The Morgan fingerprint density at radius 1 is 1.14 bits per heavy atom. The molecule has 1 aliphatic rings. The van der Waals surface area contributed by atoms with Crippen molar-refractivity contribution in [2.24, 2.45) is 0 Å². The quantitative estimate of drug-likeness (QED) is 0.572. The van der Waals surface area contributed by atoms with Gasteiger partial charge in [0.05, 0.1) is 16.7 Å². The molecule has 1 amide bonds. The highest BCUT2D eigenvalue weighted by Crippen LogP contribution is 2.37. The van der Waals surface area contributed by atoms with Crippen molar-refractivity contribution in [1.82, 2.24) is 0 Å². The Balaban J connectivity index is 1.60. The molecule has 1 aromatic carbocycles. The van der Waals surface area contributed by atoms with E-state index in [0.717, 1.165) is 66.8 Å². The summed E-state index contributed by atoms with van der Waals surface area (Å²) in [6, 6.07) is 5.67. The van der Waals surface area contributed by atoms with Crippen molar-refractivity contribution in [2.75, 3.05) is 11.9 Å². The molecule has 152 valence electrons. The standard InChI is InChI=1S/C20H17F3N2O3S/c21-20(22,23)13-8-6-12(7-9-13)19(27)28-11-17(26)25-18-15(10-24)14-4-2-1-3-5-16(14)29-18/h6-9H,1-5,11H2,(H,25,26). The van der Waals surface area contributed by atoms with Crippen molar-refractivity contribution in [2.45, 2.75) is 38.3 Å². The zero-order chi connectivity index (χ0) is 21.0. The maximum absolute atomic E-state index is 12.6. The van der Waals surface area contributed by atoms with Crippen LogP contribution in [0.5, 0.6) is 0 Å². The molecule has 1 heterocycles. The topological polar surface area (TPSA) is 79.2 Å². The Hall–Kier alpha value is -2.86. The van der Waals surface area contributed by atoms with Gasteiger partial charge in [-0.3, -0.25) is 4.79 Å². The van der Waals surface area contributed by atoms with E-state index in [4.69, 9.17) is 4.74 Å². The van der Waals surface area contributed by atoms with Crippen LogP contribution in [0.25, 0.3) is 0 Å². The molecule has 29 heavy (non-hydrogen) atoms. The predicted molar refractivity (Wildman–Crippen MR) is 101 cm³/mol. The van der Waals surface area contributed by atoms with E-state index in [1.807, 2.05) is 0 Å². The number of fused-ring (bicyclic) bond motifs is 1. The van der Waals surface area contributed by atoms with Crippen LogP contribution in [-0.4, -0.2) is 18.5 Å². The lowest BCUT2D eigenvalue weighted by Crippen LogP contribution is -2.21. The maximum Gasteiger partial charge on any atom is 0.416 e. The largest absolute Gasteiger partial charge is 0.452 e. The number of anilines is 1. The van der Waals surface area contributed by atoms with Crippen LogP contribution in [0.1, 0.15) is 51.2 Å². The summed E-state index contributed by atoms with van der Waals surface area (Å²) in [5.74, 6) is -1.52. The third-order valence-corrected chi connectivity index (χ3v) is 5.78. The van der Waals surface area contributed by atoms with Gasteiger partial charge in [-0.25, -0.2) is 4.79 Å². The van der Waals surface area contributed by atoms with Crippen molar-refractivity contribution in [1.29, 1.82) is 5.26 Å². The third kappa shape index (κ3) is 4.95. The Kier molecular flexibility index (Phi) is 6.23. The lowest BCUT2D eigenvalue weighted by atomic mass is 10.1. The minimum atomic E-state index is -4.50. The molecule has 0 radical (unpaired) electrons. The maximum atomic E-state index is 12.6. The van der Waals surface area contributed by atoms with Crippen molar-refractivity contribution < 1.29 is 27.5 Å². The molecule has 0 aliphatic heterocycles. The zero-order valence-electron chi connectivity index (χ0n) is 15.3. The number of ether oxygens (including phenoxy) is 1. The van der Waals surface area contributed by atoms with Gasteiger partial charge in [-0.2, -0.15) is 18.4 Å². The monoisotopic (exact) mass is 422 g/mol. The van der Waals surface area contributed by atoms with Gasteiger partial charge in [0.15, 0.2) is 6.61 Å². The lowest BCUT2D eigenvalue weighted by molar-refractivity contribution is -0.137. The molecule has 0 saturated carbocycles. The number of benzene rings is 1. The summed E-state index contributed by atoms with van der Waals surface area (Å²) >= 11 is 1.36. The molecule has 3 rings (SSSR count). The summed E-state index contributed by atoms with van der Waals surface area (Å²) in [4.78, 5) is 25.2. The number of esters is 1. The fraction of sp³-hybridized carbons (Fsp3) is 0.350. The van der Waals surface area contributed by atoms with E-state index in [9.17, 15) is 28.0 Å². The Bertz CT molecular complexity index is 959. The van der Waals surface area contributed by atoms with Crippen LogP contribution < -0.4 is 5.32 Å². The zero-order valence-corrected chi connectivity index (χ0v) is 16.1. The van der Waals surface area contributed by atoms with Crippen LogP contribution >= 0.6 is 11.3 Å². The first-order chi connectivity index (χ1) is 13.8. The van der Waals surface area contributed by atoms with Crippen LogP contribution in [0.4, 0.5) is 18.2 Å². The first-order valence-electron chi connectivity index (χ1n) is 8.98. The molecule has 9 heteroatoms. The van der Waals surface area contributed by atoms with Crippen LogP contribution in [-0.2, 0) is 28.5 Å². The van der Waals surface area contributed by atoms with Crippen LogP contribution in [0.3, 0.4) is 0 Å². The second-order valence-electron chi connectivity index (χ2n) is 6.58. The highest BCUT2D eigenvalue weighted by molar-refractivity contribution is 7.16. The molecule has 0 fully saturated rings. The number of aryl methyl sites for hydroxylation is 1. The minimum Gasteiger partial charge on any atom is -0.452 e. The number of halogens is 3. The van der Waals surface area contributed by atoms with Crippen molar-refractivity contribution >= 4 is 28.2 Å². The van der Waals surface area contributed by atoms with Gasteiger partial charge in [0, 0.05) is 4.88 Å². The molecule has 1 aliphatic carbocycles. The van der Waals surface area contributed by atoms with E-state index in [2.05, 4.69) is 11.4 Å². The Labute approximate surface area is 169 Å². The highest BCUT2D eigenvalue weighted by Gasteiger charge is 2.30. The van der Waals surface area contributed by atoms with E-state index in [0.29, 0.717) is 10.6 Å². The van der Waals surface area contributed by atoms with Gasteiger partial charge in [0.25, 0.3) is 5.91 Å². The Morgan fingerprint density at radius 3 is 2.48 bits per heavy atom. The van der Waals surface area contributed by atoms with E-state index in [1.54, 1.807) is 0 Å². The number of hydrogen-bond acceptors (Lipinski definition) is 5. The third-order valence-electron chi connectivity index (χ3n) is 4.57. The number of nitrogens with one attached hydrogen (secondary N) is 1. The summed E-state index contributed by atoms with van der Waals surface area (Å²) in [7, 11) is 0. The molecule has 0 atom stereocenters. The number of amides is 1. The molecule has 1 aromatic heterocycles. The molecule has 0 spiro atoms. The number of carbonyl (C=O) groups excluding carboxylic acids is 2. The second kappa shape index (κ2) is 8.66. The SMILES string of the molecule is N#Cc1c(NC(=O)COC(=O)c2ccc(C(F)(F)F)cc2)sc2c1CCCCC2. The summed E-state index contributed by atoms with van der Waals surface area (Å²) in [6.45, 7) is -0.604. The average Bonchev–Trinajstić information content (AvgIpc) is 2.84. The van der Waals surface area contributed by atoms with Gasteiger partial charge in [-0.1, -0.05) is 6.42 Å². The van der Waals surface area contributed by atoms with Gasteiger partial charge in [0.1, 0.15) is 11.1 Å². The average molecular weight is 422 g/mol. The lowest BCUT2D eigenvalue weighted by Gasteiger charge is -2.08. The summed E-state index contributed by atoms with van der Waals surface area (Å²) < 4.78 is 42.6. The van der Waals surface area contributed by atoms with E-state index in [-0.39, 0.29) is 5.56 Å². The van der Waals surface area contributed by atoms with Crippen LogP contribution in [0.15, 0.2) is 24.3 Å². The summed E-state index contributed by atoms with van der Waals surface area (Å²) in [5.41, 5.74) is 0.459. The van der Waals surface area contributed by atoms with Gasteiger partial charge < -0.3 is 10.1 Å². The van der Waals surface area contributed by atoms with Gasteiger partial charge in [0.2, 0.25) is 0 Å². The van der Waals surface area contributed by atoms with E-state index < -0.39 is 30.2 Å². The summed E-state index contributed by atoms with van der Waals surface area (Å²) in [6.07, 6.45) is 0.307. The van der Waals surface area contributed by atoms with Crippen molar-refractivity contribution in [3.8, 4) is 6.07 Å². The molecule has 5 nitrogen and oxygen atoms in total. The van der Waals surface area contributed by atoms with Crippen molar-refractivity contribution in [3.63, 3.8) is 0 Å². The van der Waals surface area contributed by atoms with Crippen molar-refractivity contribution in [3.05, 3.63) is 51.4 Å². The molecule has 0 saturated heterocycles. The first kappa shape index (κ1) is 20.9. The number of nitriles is 1. The van der Waals surface area contributed by atoms with E-state index >= 15 is 0 Å². The molecular weight excluding hydrogens is 405 g/mol. The normalized spacial score (nSPS) is 13.7. The Morgan fingerprint density at radius 2 is 1.83 bits per heavy atom. The van der Waals surface area contributed by atoms with Crippen LogP contribution in [0.2, 0.25) is 0 Å². The number of carbonyl (C=O) groups is 2. The molecule has 0 bridgehead atoms. The van der Waals surface area contributed by atoms with E-state index in [1.165, 1.54) is 11.3 Å². The number of hydrogen-bond donors (Lipinski definition) is 1. The number of thiophene rings is 1. The fourth-order valence-corrected chi connectivity index (χ4v) is 4.38. The number of rotatable bonds is 4. The molecule has 1 N–H and O–H groups in total. The second-order valence-corrected chi connectivity index (χ2v) is 7.68.